The summed E-state index contributed by atoms with van der Waals surface area (Å²) >= 11 is 0. The molecule has 0 saturated carbocycles. The standard InChI is InChI=1S/C8H7ClO4S/c1-13-7-3-2-6(5-10)4-8(7)14(9,11)12/h2-5H,1H3. The van der Waals surface area contributed by atoms with Crippen LogP contribution in [0, 0.1) is 0 Å². The Hall–Kier alpha value is -1.07. The largest absolute Gasteiger partial charge is 0.495 e. The van der Waals surface area contributed by atoms with E-state index >= 15 is 0 Å². The van der Waals surface area contributed by atoms with Crippen molar-refractivity contribution in [2.45, 2.75) is 4.90 Å². The second-order valence-corrected chi connectivity index (χ2v) is 5.00. The van der Waals surface area contributed by atoms with E-state index in [1.807, 2.05) is 0 Å². The van der Waals surface area contributed by atoms with Crippen LogP contribution in [0.3, 0.4) is 0 Å². The van der Waals surface area contributed by atoms with Gasteiger partial charge in [-0.25, -0.2) is 8.42 Å². The number of hydrogen-bond donors (Lipinski definition) is 0. The van der Waals surface area contributed by atoms with Crippen LogP contribution >= 0.6 is 10.7 Å². The van der Waals surface area contributed by atoms with Crippen molar-refractivity contribution in [1.82, 2.24) is 0 Å². The maximum atomic E-state index is 11.1. The van der Waals surface area contributed by atoms with Gasteiger partial charge in [0.1, 0.15) is 16.9 Å². The monoisotopic (exact) mass is 234 g/mol. The van der Waals surface area contributed by atoms with Crippen molar-refractivity contribution in [1.29, 1.82) is 0 Å². The number of benzene rings is 1. The predicted octanol–water partition coefficient (Wildman–Crippen LogP) is 1.44. The van der Waals surface area contributed by atoms with Gasteiger partial charge in [0, 0.05) is 16.2 Å². The molecule has 0 aliphatic rings. The third kappa shape index (κ3) is 2.24. The molecule has 1 aromatic carbocycles. The first-order valence-electron chi connectivity index (χ1n) is 3.57. The molecule has 0 aliphatic heterocycles. The van der Waals surface area contributed by atoms with Crippen LogP contribution in [0.15, 0.2) is 23.1 Å². The van der Waals surface area contributed by atoms with Crippen LogP contribution in [-0.4, -0.2) is 21.8 Å². The van der Waals surface area contributed by atoms with E-state index in [2.05, 4.69) is 0 Å². The van der Waals surface area contributed by atoms with Gasteiger partial charge in [0.2, 0.25) is 0 Å². The lowest BCUT2D eigenvalue weighted by Crippen LogP contribution is -1.97. The summed E-state index contributed by atoms with van der Waals surface area (Å²) in [6, 6.07) is 3.98. The zero-order chi connectivity index (χ0) is 10.8. The van der Waals surface area contributed by atoms with Crippen LogP contribution < -0.4 is 4.74 Å². The van der Waals surface area contributed by atoms with Crippen molar-refractivity contribution in [2.24, 2.45) is 0 Å². The normalized spacial score (nSPS) is 11.0. The van der Waals surface area contributed by atoms with Crippen LogP contribution in [0.5, 0.6) is 5.75 Å². The SMILES string of the molecule is COc1ccc(C=O)cc1S(=O)(=O)Cl. The van der Waals surface area contributed by atoms with E-state index in [0.717, 1.165) is 6.07 Å². The molecule has 6 heteroatoms. The number of hydrogen-bond acceptors (Lipinski definition) is 4. The molecule has 0 bridgehead atoms. The Bertz CT molecular complexity index is 452. The first-order chi connectivity index (χ1) is 6.49. The summed E-state index contributed by atoms with van der Waals surface area (Å²) in [5, 5.41) is 0. The second kappa shape index (κ2) is 3.98. The van der Waals surface area contributed by atoms with Gasteiger partial charge in [0.05, 0.1) is 7.11 Å². The number of aldehydes is 1. The minimum Gasteiger partial charge on any atom is -0.495 e. The van der Waals surface area contributed by atoms with Crippen molar-refractivity contribution in [3.8, 4) is 5.75 Å². The minimum absolute atomic E-state index is 0.116. The summed E-state index contributed by atoms with van der Waals surface area (Å²) in [7, 11) is 2.58. The highest BCUT2D eigenvalue weighted by Gasteiger charge is 2.16. The number of halogens is 1. The molecule has 0 radical (unpaired) electrons. The van der Waals surface area contributed by atoms with Crippen molar-refractivity contribution in [3.05, 3.63) is 23.8 Å². The molecule has 76 valence electrons. The van der Waals surface area contributed by atoms with Crippen LogP contribution in [-0.2, 0) is 9.05 Å². The summed E-state index contributed by atoms with van der Waals surface area (Å²) in [6.45, 7) is 0. The van der Waals surface area contributed by atoms with Crippen molar-refractivity contribution in [2.75, 3.05) is 7.11 Å². The highest BCUT2D eigenvalue weighted by atomic mass is 35.7. The lowest BCUT2D eigenvalue weighted by atomic mass is 10.2. The maximum Gasteiger partial charge on any atom is 0.265 e. The Morgan fingerprint density at radius 3 is 2.50 bits per heavy atom. The molecule has 0 aliphatic carbocycles. The van der Waals surface area contributed by atoms with E-state index in [9.17, 15) is 13.2 Å². The number of carbonyl (C=O) groups excluding carboxylic acids is 1. The highest BCUT2D eigenvalue weighted by Crippen LogP contribution is 2.27. The zero-order valence-electron chi connectivity index (χ0n) is 7.23. The average molecular weight is 235 g/mol. The van der Waals surface area contributed by atoms with Crippen LogP contribution in [0.4, 0.5) is 0 Å². The Kier molecular flexibility index (Phi) is 3.13. The predicted molar refractivity (Wildman–Crippen MR) is 51.4 cm³/mol. The summed E-state index contributed by atoms with van der Waals surface area (Å²) in [5.74, 6) is 0.116. The lowest BCUT2D eigenvalue weighted by molar-refractivity contribution is 0.112. The van der Waals surface area contributed by atoms with Gasteiger partial charge in [-0.1, -0.05) is 0 Å². The van der Waals surface area contributed by atoms with Crippen LogP contribution in [0.25, 0.3) is 0 Å². The molecule has 0 unspecified atom stereocenters. The summed E-state index contributed by atoms with van der Waals surface area (Å²) in [6.07, 6.45) is 0.533. The Labute approximate surface area is 85.9 Å². The first kappa shape index (κ1) is 11.0. The van der Waals surface area contributed by atoms with Gasteiger partial charge in [-0.15, -0.1) is 0 Å². The molecule has 0 amide bonds. The summed E-state index contributed by atoms with van der Waals surface area (Å²) < 4.78 is 26.9. The average Bonchev–Trinajstić information content (AvgIpc) is 2.15. The van der Waals surface area contributed by atoms with Crippen LogP contribution in [0.1, 0.15) is 10.4 Å². The molecule has 0 N–H and O–H groups in total. The molecular formula is C8H7ClO4S. The first-order valence-corrected chi connectivity index (χ1v) is 5.88. The zero-order valence-corrected chi connectivity index (χ0v) is 8.80. The van der Waals surface area contributed by atoms with Gasteiger partial charge in [-0.05, 0) is 18.2 Å². The molecular weight excluding hydrogens is 228 g/mol. The van der Waals surface area contributed by atoms with Crippen LogP contribution in [0.2, 0.25) is 0 Å². The molecule has 0 heterocycles. The lowest BCUT2D eigenvalue weighted by Gasteiger charge is -2.05. The number of carbonyl (C=O) groups is 1. The molecule has 0 fully saturated rings. The van der Waals surface area contributed by atoms with E-state index in [0.29, 0.717) is 6.29 Å². The molecule has 1 aromatic rings. The fourth-order valence-electron chi connectivity index (χ4n) is 0.957. The van der Waals surface area contributed by atoms with Gasteiger partial charge in [-0.2, -0.15) is 0 Å². The quantitative estimate of drug-likeness (QED) is 0.587. The molecule has 0 atom stereocenters. The number of methoxy groups -OCH3 is 1. The Morgan fingerprint density at radius 2 is 2.07 bits per heavy atom. The maximum absolute atomic E-state index is 11.1. The number of rotatable bonds is 3. The number of ether oxygens (including phenoxy) is 1. The summed E-state index contributed by atoms with van der Waals surface area (Å²) in [4.78, 5) is 10.2. The minimum atomic E-state index is -3.89. The molecule has 0 aromatic heterocycles. The van der Waals surface area contributed by atoms with Gasteiger partial charge in [0.15, 0.2) is 0 Å². The van der Waals surface area contributed by atoms with Gasteiger partial charge in [-0.3, -0.25) is 4.79 Å². The highest BCUT2D eigenvalue weighted by molar-refractivity contribution is 8.13. The van der Waals surface area contributed by atoms with E-state index in [1.54, 1.807) is 0 Å². The smallest absolute Gasteiger partial charge is 0.265 e. The Balaban J connectivity index is 3.44. The molecule has 0 saturated heterocycles. The molecule has 1 rings (SSSR count). The fraction of sp³-hybridized carbons (Fsp3) is 0.125. The third-order valence-electron chi connectivity index (χ3n) is 1.59. The van der Waals surface area contributed by atoms with E-state index in [1.165, 1.54) is 19.2 Å². The summed E-state index contributed by atoms with van der Waals surface area (Å²) in [5.41, 5.74) is 0.227. The van der Waals surface area contributed by atoms with Crippen molar-refractivity contribution >= 4 is 26.0 Å². The molecule has 4 nitrogen and oxygen atoms in total. The van der Waals surface area contributed by atoms with Crippen molar-refractivity contribution in [3.63, 3.8) is 0 Å². The second-order valence-electron chi connectivity index (χ2n) is 2.47. The third-order valence-corrected chi connectivity index (χ3v) is 2.93. The molecule has 0 spiro atoms. The van der Waals surface area contributed by atoms with Gasteiger partial charge >= 0.3 is 0 Å². The van der Waals surface area contributed by atoms with Crippen molar-refractivity contribution < 1.29 is 17.9 Å². The Morgan fingerprint density at radius 1 is 1.43 bits per heavy atom. The van der Waals surface area contributed by atoms with E-state index in [-0.39, 0.29) is 16.2 Å². The topological polar surface area (TPSA) is 60.4 Å². The van der Waals surface area contributed by atoms with E-state index in [4.69, 9.17) is 15.4 Å². The van der Waals surface area contributed by atoms with E-state index < -0.39 is 9.05 Å². The fourth-order valence-corrected chi connectivity index (χ4v) is 1.99. The van der Waals surface area contributed by atoms with Gasteiger partial charge in [0.25, 0.3) is 9.05 Å². The van der Waals surface area contributed by atoms with Gasteiger partial charge < -0.3 is 4.74 Å². The molecule has 14 heavy (non-hydrogen) atoms.